The summed E-state index contributed by atoms with van der Waals surface area (Å²) in [5.41, 5.74) is 4.94. The summed E-state index contributed by atoms with van der Waals surface area (Å²) < 4.78 is 8.06. The van der Waals surface area contributed by atoms with Crippen LogP contribution in [0.3, 0.4) is 0 Å². The fraction of sp³-hybridized carbons (Fsp3) is 0.133. The SMILES string of the molecule is Cc1ccc(C(=O)NCCn2c(O)c(Cc3c[nH]c4c(Cl)cccc34)oc2=O)cc1C#Cc1cnc2cccnn12. The molecule has 0 fully saturated rings. The number of H-pyrrole nitrogens is 1. The number of amides is 1. The smallest absolute Gasteiger partial charge is 0.422 e. The van der Waals surface area contributed by atoms with E-state index in [0.717, 1.165) is 26.6 Å². The average Bonchev–Trinajstić information content (AvgIpc) is 3.65. The fourth-order valence-corrected chi connectivity index (χ4v) is 4.81. The Balaban J connectivity index is 1.13. The van der Waals surface area contributed by atoms with Crippen LogP contribution in [0.15, 0.2) is 76.3 Å². The van der Waals surface area contributed by atoms with Gasteiger partial charge in [-0.2, -0.15) is 5.10 Å². The Bertz CT molecular complexity index is 2060. The standard InChI is InChI=1S/C30H23ClN6O4/c1-18-7-8-20(14-19(18)9-10-22-17-33-26-6-3-11-35-37(22)26)28(38)32-12-13-36-29(39)25(41-30(36)40)15-21-16-34-27-23(21)4-2-5-24(27)31/h2-8,11,14,16-17,34,39H,12-13,15H2,1H3,(H,32,38). The van der Waals surface area contributed by atoms with Gasteiger partial charge in [-0.25, -0.2) is 18.9 Å². The van der Waals surface area contributed by atoms with Gasteiger partial charge in [0.15, 0.2) is 11.4 Å². The van der Waals surface area contributed by atoms with Crippen LogP contribution in [0.5, 0.6) is 5.88 Å². The molecule has 0 atom stereocenters. The topological polar surface area (TPSA) is 130 Å². The van der Waals surface area contributed by atoms with E-state index in [2.05, 4.69) is 32.2 Å². The number of fused-ring (bicyclic) bond motifs is 2. The summed E-state index contributed by atoms with van der Waals surface area (Å²) >= 11 is 6.23. The van der Waals surface area contributed by atoms with Crippen molar-refractivity contribution in [2.45, 2.75) is 19.9 Å². The molecule has 0 saturated heterocycles. The van der Waals surface area contributed by atoms with E-state index in [1.165, 1.54) is 0 Å². The van der Waals surface area contributed by atoms with Gasteiger partial charge in [0.2, 0.25) is 5.88 Å². The van der Waals surface area contributed by atoms with E-state index in [-0.39, 0.29) is 37.1 Å². The highest BCUT2D eigenvalue weighted by molar-refractivity contribution is 6.35. The van der Waals surface area contributed by atoms with Gasteiger partial charge < -0.3 is 19.8 Å². The minimum atomic E-state index is -0.709. The predicted octanol–water partition coefficient (Wildman–Crippen LogP) is 4.05. The molecule has 0 saturated carbocycles. The molecule has 0 aliphatic heterocycles. The molecule has 0 unspecified atom stereocenters. The molecule has 2 aromatic carbocycles. The minimum absolute atomic E-state index is 0.0272. The lowest BCUT2D eigenvalue weighted by molar-refractivity contribution is 0.0951. The van der Waals surface area contributed by atoms with E-state index in [1.807, 2.05) is 31.2 Å². The molecule has 6 rings (SSSR count). The summed E-state index contributed by atoms with van der Waals surface area (Å²) in [4.78, 5) is 32.7. The first-order valence-electron chi connectivity index (χ1n) is 12.7. The summed E-state index contributed by atoms with van der Waals surface area (Å²) in [5.74, 6) is 4.98. The van der Waals surface area contributed by atoms with E-state index in [9.17, 15) is 14.7 Å². The summed E-state index contributed by atoms with van der Waals surface area (Å²) in [6.07, 6.45) is 5.27. The van der Waals surface area contributed by atoms with Gasteiger partial charge in [0.1, 0.15) is 5.69 Å². The molecular weight excluding hydrogens is 544 g/mol. The van der Waals surface area contributed by atoms with Crippen molar-refractivity contribution in [3.63, 3.8) is 0 Å². The van der Waals surface area contributed by atoms with Gasteiger partial charge in [0.05, 0.1) is 16.7 Å². The van der Waals surface area contributed by atoms with Crippen LogP contribution in [-0.4, -0.2) is 41.7 Å². The number of carbonyl (C=O) groups is 1. The van der Waals surface area contributed by atoms with Gasteiger partial charge in [0.25, 0.3) is 5.91 Å². The van der Waals surface area contributed by atoms with Crippen LogP contribution in [0.25, 0.3) is 16.6 Å². The van der Waals surface area contributed by atoms with Crippen LogP contribution in [-0.2, 0) is 13.0 Å². The molecule has 204 valence electrons. The van der Waals surface area contributed by atoms with E-state index in [0.29, 0.717) is 27.5 Å². The highest BCUT2D eigenvalue weighted by atomic mass is 35.5. The number of hydrogen-bond donors (Lipinski definition) is 3. The Morgan fingerprint density at radius 1 is 1.20 bits per heavy atom. The Labute approximate surface area is 238 Å². The lowest BCUT2D eigenvalue weighted by Crippen LogP contribution is -2.29. The third-order valence-corrected chi connectivity index (χ3v) is 7.08. The maximum Gasteiger partial charge on any atom is 0.422 e. The second-order valence-corrected chi connectivity index (χ2v) is 9.80. The summed E-state index contributed by atoms with van der Waals surface area (Å²) in [6, 6.07) is 14.4. The Morgan fingerprint density at radius 2 is 2.07 bits per heavy atom. The number of nitrogens with one attached hydrogen (secondary N) is 2. The second kappa shape index (κ2) is 10.7. The van der Waals surface area contributed by atoms with Crippen molar-refractivity contribution in [2.75, 3.05) is 6.54 Å². The van der Waals surface area contributed by atoms with Gasteiger partial charge in [-0.3, -0.25) is 4.79 Å². The van der Waals surface area contributed by atoms with Crippen LogP contribution in [0.4, 0.5) is 0 Å². The highest BCUT2D eigenvalue weighted by Gasteiger charge is 2.18. The predicted molar refractivity (Wildman–Crippen MR) is 153 cm³/mol. The maximum absolute atomic E-state index is 12.9. The molecule has 0 aliphatic carbocycles. The second-order valence-electron chi connectivity index (χ2n) is 9.39. The molecule has 0 bridgehead atoms. The van der Waals surface area contributed by atoms with Gasteiger partial charge in [-0.15, -0.1) is 0 Å². The molecular formula is C30H23ClN6O4. The van der Waals surface area contributed by atoms with Crippen molar-refractivity contribution in [3.8, 4) is 17.7 Å². The average molecular weight is 567 g/mol. The largest absolute Gasteiger partial charge is 0.492 e. The van der Waals surface area contributed by atoms with E-state index in [4.69, 9.17) is 16.0 Å². The Morgan fingerprint density at radius 3 is 2.95 bits per heavy atom. The summed E-state index contributed by atoms with van der Waals surface area (Å²) in [5, 5.41) is 19.2. The summed E-state index contributed by atoms with van der Waals surface area (Å²) in [6.45, 7) is 2.03. The first-order valence-corrected chi connectivity index (χ1v) is 13.1. The van der Waals surface area contributed by atoms with Crippen molar-refractivity contribution in [3.05, 3.63) is 116 Å². The van der Waals surface area contributed by atoms with E-state index in [1.54, 1.807) is 47.4 Å². The van der Waals surface area contributed by atoms with Crippen molar-refractivity contribution in [1.29, 1.82) is 0 Å². The lowest BCUT2D eigenvalue weighted by Gasteiger charge is -2.07. The molecule has 10 nitrogen and oxygen atoms in total. The monoisotopic (exact) mass is 566 g/mol. The van der Waals surface area contributed by atoms with Crippen LogP contribution < -0.4 is 11.1 Å². The minimum Gasteiger partial charge on any atom is -0.492 e. The van der Waals surface area contributed by atoms with E-state index < -0.39 is 5.76 Å². The van der Waals surface area contributed by atoms with E-state index >= 15 is 0 Å². The van der Waals surface area contributed by atoms with Crippen LogP contribution >= 0.6 is 11.6 Å². The molecule has 1 amide bonds. The first-order chi connectivity index (χ1) is 19.9. The fourth-order valence-electron chi connectivity index (χ4n) is 4.58. The third-order valence-electron chi connectivity index (χ3n) is 6.76. The highest BCUT2D eigenvalue weighted by Crippen LogP contribution is 2.28. The number of rotatable bonds is 6. The Hall–Kier alpha value is -5.27. The Kier molecular flexibility index (Phi) is 6.79. The molecule has 41 heavy (non-hydrogen) atoms. The number of oxazole rings is 1. The maximum atomic E-state index is 12.9. The molecule has 0 spiro atoms. The molecule has 11 heteroatoms. The zero-order valence-electron chi connectivity index (χ0n) is 21.8. The number of halogens is 1. The third kappa shape index (κ3) is 5.06. The van der Waals surface area contributed by atoms with Gasteiger partial charge >= 0.3 is 5.76 Å². The van der Waals surface area contributed by atoms with Gasteiger partial charge in [0, 0.05) is 48.4 Å². The van der Waals surface area contributed by atoms with Crippen molar-refractivity contribution in [2.24, 2.45) is 0 Å². The van der Waals surface area contributed by atoms with Gasteiger partial charge in [-0.1, -0.05) is 35.7 Å². The number of hydrogen-bond acceptors (Lipinski definition) is 6. The number of carbonyl (C=O) groups excluding carboxylic acids is 1. The van der Waals surface area contributed by atoms with Crippen LogP contribution in [0.1, 0.15) is 38.5 Å². The number of benzene rings is 2. The normalized spacial score (nSPS) is 11.1. The lowest BCUT2D eigenvalue weighted by atomic mass is 10.0. The molecule has 3 N–H and O–H groups in total. The number of aryl methyl sites for hydroxylation is 1. The van der Waals surface area contributed by atoms with Crippen molar-refractivity contribution >= 4 is 34.1 Å². The van der Waals surface area contributed by atoms with Crippen LogP contribution in [0, 0.1) is 18.8 Å². The first kappa shape index (κ1) is 26.0. The molecule has 6 aromatic rings. The number of aromatic amines is 1. The zero-order valence-corrected chi connectivity index (χ0v) is 22.6. The summed E-state index contributed by atoms with van der Waals surface area (Å²) in [7, 11) is 0. The number of aromatic nitrogens is 5. The number of imidazole rings is 1. The van der Waals surface area contributed by atoms with Crippen LogP contribution in [0.2, 0.25) is 5.02 Å². The number of nitrogens with zero attached hydrogens (tertiary/aromatic N) is 4. The molecule has 4 aromatic heterocycles. The quantitative estimate of drug-likeness (QED) is 0.261. The van der Waals surface area contributed by atoms with Crippen molar-refractivity contribution in [1.82, 2.24) is 29.5 Å². The zero-order chi connectivity index (χ0) is 28.5. The number of aromatic hydroxyl groups is 1. The van der Waals surface area contributed by atoms with Crippen molar-refractivity contribution < 1.29 is 14.3 Å². The molecule has 0 aliphatic rings. The molecule has 0 radical (unpaired) electrons. The van der Waals surface area contributed by atoms with Gasteiger partial charge in [-0.05, 0) is 54.3 Å². The molecule has 4 heterocycles. The number of para-hydroxylation sites is 1.